The number of rotatable bonds is 9. The van der Waals surface area contributed by atoms with Gasteiger partial charge in [0.1, 0.15) is 5.75 Å². The van der Waals surface area contributed by atoms with Crippen molar-refractivity contribution in [1.82, 2.24) is 15.1 Å². The van der Waals surface area contributed by atoms with Crippen LogP contribution in [-0.2, 0) is 11.3 Å². The van der Waals surface area contributed by atoms with Crippen molar-refractivity contribution in [3.63, 3.8) is 0 Å². The molecule has 0 aromatic heterocycles. The van der Waals surface area contributed by atoms with Crippen molar-refractivity contribution in [2.75, 3.05) is 46.4 Å². The molecule has 0 unspecified atom stereocenters. The Morgan fingerprint density at radius 2 is 1.84 bits per heavy atom. The molecule has 140 valence electrons. The first-order chi connectivity index (χ1) is 12.2. The van der Waals surface area contributed by atoms with Crippen LogP contribution in [0.15, 0.2) is 24.3 Å². The van der Waals surface area contributed by atoms with Crippen LogP contribution in [0.5, 0.6) is 5.75 Å². The van der Waals surface area contributed by atoms with Crippen LogP contribution < -0.4 is 10.1 Å². The highest BCUT2D eigenvalue weighted by Gasteiger charge is 2.24. The number of methoxy groups -OCH3 is 1. The summed E-state index contributed by atoms with van der Waals surface area (Å²) in [5.74, 6) is 1.30. The van der Waals surface area contributed by atoms with Crippen molar-refractivity contribution in [1.29, 1.82) is 0 Å². The van der Waals surface area contributed by atoms with Crippen LogP contribution in [0.2, 0.25) is 0 Å². The second kappa shape index (κ2) is 10.4. The van der Waals surface area contributed by atoms with Crippen LogP contribution in [0, 0.1) is 5.92 Å². The first-order valence-electron chi connectivity index (χ1n) is 9.51. The molecular formula is C20H33N3O2. The molecule has 1 aliphatic heterocycles. The molecule has 5 heteroatoms. The molecule has 1 N–H and O–H groups in total. The van der Waals surface area contributed by atoms with E-state index >= 15 is 0 Å². The van der Waals surface area contributed by atoms with Gasteiger partial charge < -0.3 is 15.0 Å². The number of nitrogens with one attached hydrogen (secondary N) is 1. The Kier molecular flexibility index (Phi) is 8.22. The van der Waals surface area contributed by atoms with Gasteiger partial charge in [-0.15, -0.1) is 0 Å². The predicted molar refractivity (Wildman–Crippen MR) is 102 cm³/mol. The van der Waals surface area contributed by atoms with E-state index in [0.29, 0.717) is 0 Å². The van der Waals surface area contributed by atoms with Crippen LogP contribution in [0.3, 0.4) is 0 Å². The van der Waals surface area contributed by atoms with Crippen LogP contribution >= 0.6 is 0 Å². The summed E-state index contributed by atoms with van der Waals surface area (Å²) in [7, 11) is 1.69. The smallest absolute Gasteiger partial charge is 0.223 e. The van der Waals surface area contributed by atoms with Crippen LogP contribution in [0.4, 0.5) is 0 Å². The average Bonchev–Trinajstić information content (AvgIpc) is 2.66. The van der Waals surface area contributed by atoms with Gasteiger partial charge in [-0.3, -0.25) is 9.69 Å². The maximum atomic E-state index is 12.3. The molecule has 0 bridgehead atoms. The molecule has 0 radical (unpaired) electrons. The molecule has 1 aromatic carbocycles. The van der Waals surface area contributed by atoms with E-state index in [0.717, 1.165) is 64.4 Å². The lowest BCUT2D eigenvalue weighted by Gasteiger charge is -2.31. The summed E-state index contributed by atoms with van der Waals surface area (Å²) in [5, 5.41) is 3.12. The molecule has 1 aromatic rings. The lowest BCUT2D eigenvalue weighted by molar-refractivity contribution is -0.126. The van der Waals surface area contributed by atoms with Crippen molar-refractivity contribution in [3.05, 3.63) is 29.8 Å². The molecular weight excluding hydrogens is 314 g/mol. The van der Waals surface area contributed by atoms with Crippen molar-refractivity contribution >= 4 is 5.91 Å². The van der Waals surface area contributed by atoms with Crippen molar-refractivity contribution in [2.24, 2.45) is 5.92 Å². The van der Waals surface area contributed by atoms with E-state index in [1.807, 2.05) is 12.1 Å². The van der Waals surface area contributed by atoms with Gasteiger partial charge in [-0.25, -0.2) is 0 Å². The Labute approximate surface area is 152 Å². The minimum absolute atomic E-state index is 0.170. The number of carbonyl (C=O) groups is 1. The maximum absolute atomic E-state index is 12.3. The highest BCUT2D eigenvalue weighted by Crippen LogP contribution is 2.20. The number of likely N-dealkylation sites (N-methyl/N-ethyl adjacent to an activating group) is 1. The number of piperidine rings is 1. The van der Waals surface area contributed by atoms with Gasteiger partial charge in [-0.2, -0.15) is 0 Å². The first kappa shape index (κ1) is 19.7. The van der Waals surface area contributed by atoms with Gasteiger partial charge in [-0.05, 0) is 56.7 Å². The number of ether oxygens (including phenoxy) is 1. The number of carbonyl (C=O) groups excluding carboxylic acids is 1. The highest BCUT2D eigenvalue weighted by molar-refractivity contribution is 5.78. The Morgan fingerprint density at radius 3 is 2.40 bits per heavy atom. The lowest BCUT2D eigenvalue weighted by atomic mass is 9.95. The molecule has 0 atom stereocenters. The van der Waals surface area contributed by atoms with Gasteiger partial charge in [0.05, 0.1) is 7.11 Å². The molecule has 1 heterocycles. The van der Waals surface area contributed by atoms with Gasteiger partial charge in [0.25, 0.3) is 0 Å². The van der Waals surface area contributed by atoms with Gasteiger partial charge >= 0.3 is 0 Å². The van der Waals surface area contributed by atoms with Gasteiger partial charge in [0, 0.05) is 25.6 Å². The molecule has 0 saturated carbocycles. The summed E-state index contributed by atoms with van der Waals surface area (Å²) < 4.78 is 5.20. The standard InChI is InChI=1S/C20H33N3O2/c1-4-22(5-2)15-12-21-20(24)18-10-13-23(14-11-18)16-17-6-8-19(25-3)9-7-17/h6-9,18H,4-5,10-16H2,1-3H3,(H,21,24). The number of nitrogens with zero attached hydrogens (tertiary/aromatic N) is 2. The summed E-state index contributed by atoms with van der Waals surface area (Å²) in [6.07, 6.45) is 1.90. The zero-order valence-electron chi connectivity index (χ0n) is 16.0. The van der Waals surface area contributed by atoms with E-state index < -0.39 is 0 Å². The normalized spacial score (nSPS) is 16.2. The minimum Gasteiger partial charge on any atom is -0.497 e. The molecule has 5 nitrogen and oxygen atoms in total. The largest absolute Gasteiger partial charge is 0.497 e. The zero-order chi connectivity index (χ0) is 18.1. The Hall–Kier alpha value is -1.59. The third-order valence-electron chi connectivity index (χ3n) is 5.15. The fraction of sp³-hybridized carbons (Fsp3) is 0.650. The molecule has 1 aliphatic rings. The van der Waals surface area contributed by atoms with E-state index in [-0.39, 0.29) is 11.8 Å². The number of hydrogen-bond acceptors (Lipinski definition) is 4. The molecule has 25 heavy (non-hydrogen) atoms. The lowest BCUT2D eigenvalue weighted by Crippen LogP contribution is -2.42. The fourth-order valence-corrected chi connectivity index (χ4v) is 3.36. The summed E-state index contributed by atoms with van der Waals surface area (Å²) in [5.41, 5.74) is 1.29. The zero-order valence-corrected chi connectivity index (χ0v) is 16.0. The molecule has 1 amide bonds. The van der Waals surface area contributed by atoms with Crippen LogP contribution in [-0.4, -0.2) is 62.1 Å². The topological polar surface area (TPSA) is 44.8 Å². The monoisotopic (exact) mass is 347 g/mol. The first-order valence-corrected chi connectivity index (χ1v) is 9.51. The van der Waals surface area contributed by atoms with E-state index in [1.165, 1.54) is 5.56 Å². The van der Waals surface area contributed by atoms with Crippen molar-refractivity contribution in [3.8, 4) is 5.75 Å². The number of likely N-dealkylation sites (tertiary alicyclic amines) is 1. The third-order valence-corrected chi connectivity index (χ3v) is 5.15. The van der Waals surface area contributed by atoms with Gasteiger partial charge in [-0.1, -0.05) is 26.0 Å². The summed E-state index contributed by atoms with van der Waals surface area (Å²) >= 11 is 0. The van der Waals surface area contributed by atoms with Crippen molar-refractivity contribution < 1.29 is 9.53 Å². The van der Waals surface area contributed by atoms with Crippen LogP contribution in [0.25, 0.3) is 0 Å². The van der Waals surface area contributed by atoms with Gasteiger partial charge in [0.15, 0.2) is 0 Å². The fourth-order valence-electron chi connectivity index (χ4n) is 3.36. The number of amides is 1. The summed E-state index contributed by atoms with van der Waals surface area (Å²) in [4.78, 5) is 17.1. The quantitative estimate of drug-likeness (QED) is 0.745. The average molecular weight is 348 g/mol. The number of benzene rings is 1. The van der Waals surface area contributed by atoms with E-state index in [2.05, 4.69) is 41.1 Å². The number of hydrogen-bond donors (Lipinski definition) is 1. The van der Waals surface area contributed by atoms with Gasteiger partial charge in [0.2, 0.25) is 5.91 Å². The minimum atomic E-state index is 0.170. The highest BCUT2D eigenvalue weighted by atomic mass is 16.5. The SMILES string of the molecule is CCN(CC)CCNC(=O)C1CCN(Cc2ccc(OC)cc2)CC1. The Bertz CT molecular complexity index is 506. The molecule has 0 aliphatic carbocycles. The third kappa shape index (κ3) is 6.33. The molecule has 1 saturated heterocycles. The van der Waals surface area contributed by atoms with Crippen LogP contribution in [0.1, 0.15) is 32.3 Å². The maximum Gasteiger partial charge on any atom is 0.223 e. The molecule has 1 fully saturated rings. The summed E-state index contributed by atoms with van der Waals surface area (Å²) in [6.45, 7) is 11.0. The van der Waals surface area contributed by atoms with Crippen molar-refractivity contribution in [2.45, 2.75) is 33.2 Å². The van der Waals surface area contributed by atoms with E-state index in [9.17, 15) is 4.79 Å². The second-order valence-corrected chi connectivity index (χ2v) is 6.72. The predicted octanol–water partition coefficient (Wildman–Crippen LogP) is 2.37. The van der Waals surface area contributed by atoms with E-state index in [1.54, 1.807) is 7.11 Å². The molecule has 2 rings (SSSR count). The van der Waals surface area contributed by atoms with E-state index in [4.69, 9.17) is 4.74 Å². The molecule has 0 spiro atoms. The summed E-state index contributed by atoms with van der Waals surface area (Å²) in [6, 6.07) is 8.24. The Morgan fingerprint density at radius 1 is 1.20 bits per heavy atom. The second-order valence-electron chi connectivity index (χ2n) is 6.72. The Balaban J connectivity index is 1.68.